The number of rotatable bonds is 4. The number of amides is 2. The van der Waals surface area contributed by atoms with Crippen LogP contribution in [0.1, 0.15) is 36.0 Å². The monoisotopic (exact) mass is 434 g/mol. The largest absolute Gasteiger partial charge is 0.381 e. The average Bonchev–Trinajstić information content (AvgIpc) is 3.14. The third kappa shape index (κ3) is 5.31. The highest BCUT2D eigenvalue weighted by Crippen LogP contribution is 2.27. The third-order valence-electron chi connectivity index (χ3n) is 7.02. The van der Waals surface area contributed by atoms with E-state index in [0.717, 1.165) is 65.2 Å². The molecule has 170 valence electrons. The third-order valence-corrected chi connectivity index (χ3v) is 7.02. The van der Waals surface area contributed by atoms with Crippen LogP contribution in [0.5, 0.6) is 0 Å². The molecular formula is C26H34N4O2. The van der Waals surface area contributed by atoms with Gasteiger partial charge in [0.2, 0.25) is 0 Å². The maximum atomic E-state index is 12.6. The highest BCUT2D eigenvalue weighted by atomic mass is 16.5. The van der Waals surface area contributed by atoms with Gasteiger partial charge >= 0.3 is 6.03 Å². The number of hydrogen-bond donors (Lipinski definition) is 2. The second kappa shape index (κ2) is 10.0. The zero-order chi connectivity index (χ0) is 21.8. The molecule has 0 spiro atoms. The molecule has 2 fully saturated rings. The smallest absolute Gasteiger partial charge is 0.315 e. The second-order valence-electron chi connectivity index (χ2n) is 9.44. The van der Waals surface area contributed by atoms with Gasteiger partial charge in [0.15, 0.2) is 0 Å². The lowest BCUT2D eigenvalue weighted by Crippen LogP contribution is -2.48. The standard InChI is InChI=1S/C26H34N4O2/c31-26(27-23-10-12-32-13-11-23)28-24-14-25-19-29(15-20-6-2-1-3-7-20)16-21-8-4-5-9-22(21)17-30(25)18-24/h1-9,23-25H,10-19H2,(H2,27,28,31)/t24-,25-/m0/s1. The molecule has 6 nitrogen and oxygen atoms in total. The first-order valence-electron chi connectivity index (χ1n) is 11.9. The number of fused-ring (bicyclic) bond motifs is 2. The molecular weight excluding hydrogens is 400 g/mol. The molecule has 2 amide bonds. The van der Waals surface area contributed by atoms with Crippen molar-refractivity contribution in [3.63, 3.8) is 0 Å². The molecule has 0 aliphatic carbocycles. The van der Waals surface area contributed by atoms with Crippen LogP contribution in [0.4, 0.5) is 4.79 Å². The van der Waals surface area contributed by atoms with Gasteiger partial charge in [-0.3, -0.25) is 9.80 Å². The Kier molecular flexibility index (Phi) is 6.72. The first-order valence-corrected chi connectivity index (χ1v) is 11.9. The van der Waals surface area contributed by atoms with Gasteiger partial charge in [-0.2, -0.15) is 0 Å². The predicted molar refractivity (Wildman–Crippen MR) is 125 cm³/mol. The van der Waals surface area contributed by atoms with E-state index in [1.54, 1.807) is 0 Å². The Balaban J connectivity index is 1.26. The molecule has 0 bridgehead atoms. The zero-order valence-corrected chi connectivity index (χ0v) is 18.7. The van der Waals surface area contributed by atoms with Crippen LogP contribution in [0.2, 0.25) is 0 Å². The summed E-state index contributed by atoms with van der Waals surface area (Å²) in [5.74, 6) is 0. The van der Waals surface area contributed by atoms with E-state index < -0.39 is 0 Å². The van der Waals surface area contributed by atoms with Crippen molar-refractivity contribution in [1.82, 2.24) is 20.4 Å². The SMILES string of the molecule is O=C(NC1CCOCC1)N[C@H]1C[C@H]2CN(Cc3ccccc3)Cc3ccccc3CN2C1. The number of nitrogens with zero attached hydrogens (tertiary/aromatic N) is 2. The molecule has 6 heteroatoms. The van der Waals surface area contributed by atoms with Crippen molar-refractivity contribution < 1.29 is 9.53 Å². The fourth-order valence-electron chi connectivity index (χ4n) is 5.38. The lowest BCUT2D eigenvalue weighted by atomic mass is 10.0. The minimum absolute atomic E-state index is 0.0288. The molecule has 0 radical (unpaired) electrons. The maximum absolute atomic E-state index is 12.6. The van der Waals surface area contributed by atoms with Gasteiger partial charge in [-0.05, 0) is 36.0 Å². The Morgan fingerprint density at radius 3 is 2.34 bits per heavy atom. The summed E-state index contributed by atoms with van der Waals surface area (Å²) in [6.45, 7) is 6.27. The van der Waals surface area contributed by atoms with Crippen LogP contribution < -0.4 is 10.6 Å². The van der Waals surface area contributed by atoms with Crippen molar-refractivity contribution in [1.29, 1.82) is 0 Å². The Bertz CT molecular complexity index is 900. The van der Waals surface area contributed by atoms with Crippen LogP contribution in [-0.2, 0) is 24.4 Å². The minimum Gasteiger partial charge on any atom is -0.381 e. The summed E-state index contributed by atoms with van der Waals surface area (Å²) in [5.41, 5.74) is 4.17. The Morgan fingerprint density at radius 2 is 1.56 bits per heavy atom. The molecule has 0 saturated carbocycles. The Hall–Kier alpha value is -2.41. The van der Waals surface area contributed by atoms with Crippen molar-refractivity contribution in [2.75, 3.05) is 26.3 Å². The lowest BCUT2D eigenvalue weighted by molar-refractivity contribution is 0.0799. The average molecular weight is 435 g/mol. The molecule has 2 atom stereocenters. The molecule has 3 aliphatic rings. The number of nitrogens with one attached hydrogen (secondary N) is 2. The summed E-state index contributed by atoms with van der Waals surface area (Å²) in [7, 11) is 0. The predicted octanol–water partition coefficient (Wildman–Crippen LogP) is 3.12. The van der Waals surface area contributed by atoms with Gasteiger partial charge < -0.3 is 15.4 Å². The molecule has 3 heterocycles. The molecule has 0 aromatic heterocycles. The fraction of sp³-hybridized carbons (Fsp3) is 0.500. The first-order chi connectivity index (χ1) is 15.7. The number of hydrogen-bond acceptors (Lipinski definition) is 4. The number of carbonyl (C=O) groups is 1. The van der Waals surface area contributed by atoms with Gasteiger partial charge in [-0.25, -0.2) is 4.79 Å². The summed E-state index contributed by atoms with van der Waals surface area (Å²) < 4.78 is 5.40. The lowest BCUT2D eigenvalue weighted by Gasteiger charge is -2.34. The van der Waals surface area contributed by atoms with Gasteiger partial charge in [0, 0.05) is 64.1 Å². The fourth-order valence-corrected chi connectivity index (χ4v) is 5.38. The summed E-state index contributed by atoms with van der Waals surface area (Å²) in [6.07, 6.45) is 2.80. The molecule has 3 aliphatic heterocycles. The maximum Gasteiger partial charge on any atom is 0.315 e. The molecule has 5 rings (SSSR count). The van der Waals surface area contributed by atoms with Gasteiger partial charge in [-0.15, -0.1) is 0 Å². The number of ether oxygens (including phenoxy) is 1. The van der Waals surface area contributed by atoms with Gasteiger partial charge in [-0.1, -0.05) is 54.6 Å². The summed E-state index contributed by atoms with van der Waals surface area (Å²) >= 11 is 0. The normalized spacial score (nSPS) is 24.8. The van der Waals surface area contributed by atoms with Crippen molar-refractivity contribution in [3.05, 3.63) is 71.3 Å². The van der Waals surface area contributed by atoms with E-state index in [2.05, 4.69) is 75.0 Å². The number of urea groups is 1. The molecule has 2 aromatic rings. The van der Waals surface area contributed by atoms with E-state index in [0.29, 0.717) is 6.04 Å². The van der Waals surface area contributed by atoms with Crippen molar-refractivity contribution in [2.45, 2.75) is 57.0 Å². The van der Waals surface area contributed by atoms with Gasteiger partial charge in [0.25, 0.3) is 0 Å². The van der Waals surface area contributed by atoms with Crippen molar-refractivity contribution in [3.8, 4) is 0 Å². The highest BCUT2D eigenvalue weighted by Gasteiger charge is 2.35. The van der Waals surface area contributed by atoms with Crippen LogP contribution in [0.15, 0.2) is 54.6 Å². The van der Waals surface area contributed by atoms with E-state index >= 15 is 0 Å². The topological polar surface area (TPSA) is 56.8 Å². The van der Waals surface area contributed by atoms with Crippen LogP contribution in [0.3, 0.4) is 0 Å². The van der Waals surface area contributed by atoms with Crippen molar-refractivity contribution >= 4 is 6.03 Å². The molecule has 2 N–H and O–H groups in total. The Labute approximate surface area is 190 Å². The van der Waals surface area contributed by atoms with E-state index in [1.807, 2.05) is 0 Å². The van der Waals surface area contributed by atoms with E-state index in [4.69, 9.17) is 4.74 Å². The van der Waals surface area contributed by atoms with Crippen LogP contribution in [-0.4, -0.2) is 60.3 Å². The first kappa shape index (κ1) is 21.4. The second-order valence-corrected chi connectivity index (χ2v) is 9.44. The molecule has 2 aromatic carbocycles. The summed E-state index contributed by atoms with van der Waals surface area (Å²) in [6, 6.07) is 20.4. The van der Waals surface area contributed by atoms with E-state index in [9.17, 15) is 4.79 Å². The van der Waals surface area contributed by atoms with Crippen LogP contribution in [0, 0.1) is 0 Å². The summed E-state index contributed by atoms with van der Waals surface area (Å²) in [5, 5.41) is 6.41. The minimum atomic E-state index is -0.0288. The van der Waals surface area contributed by atoms with Gasteiger partial charge in [0.1, 0.15) is 0 Å². The zero-order valence-electron chi connectivity index (χ0n) is 18.7. The molecule has 2 saturated heterocycles. The van der Waals surface area contributed by atoms with Crippen molar-refractivity contribution in [2.24, 2.45) is 0 Å². The summed E-state index contributed by atoms with van der Waals surface area (Å²) in [4.78, 5) is 17.8. The van der Waals surface area contributed by atoms with E-state index in [-0.39, 0.29) is 18.1 Å². The Morgan fingerprint density at radius 1 is 0.875 bits per heavy atom. The van der Waals surface area contributed by atoms with Gasteiger partial charge in [0.05, 0.1) is 0 Å². The highest BCUT2D eigenvalue weighted by molar-refractivity contribution is 5.74. The number of benzene rings is 2. The molecule has 32 heavy (non-hydrogen) atoms. The van der Waals surface area contributed by atoms with Crippen LogP contribution >= 0.6 is 0 Å². The van der Waals surface area contributed by atoms with Crippen LogP contribution in [0.25, 0.3) is 0 Å². The molecule has 0 unspecified atom stereocenters. The van der Waals surface area contributed by atoms with E-state index in [1.165, 1.54) is 16.7 Å². The number of carbonyl (C=O) groups excluding carboxylic acids is 1. The quantitative estimate of drug-likeness (QED) is 0.776.